The molecule has 1 fully saturated rings. The van der Waals surface area contributed by atoms with Gasteiger partial charge in [-0.25, -0.2) is 8.42 Å². The van der Waals surface area contributed by atoms with Crippen molar-refractivity contribution in [2.45, 2.75) is 49.3 Å². The van der Waals surface area contributed by atoms with Gasteiger partial charge in [0.1, 0.15) is 0 Å². The summed E-state index contributed by atoms with van der Waals surface area (Å²) >= 11 is 2.01. The first-order valence-electron chi connectivity index (χ1n) is 7.26. The van der Waals surface area contributed by atoms with E-state index in [1.807, 2.05) is 23.9 Å². The molecule has 1 aromatic carbocycles. The van der Waals surface area contributed by atoms with Gasteiger partial charge in [0.05, 0.1) is 16.3 Å². The predicted molar refractivity (Wildman–Crippen MR) is 87.4 cm³/mol. The number of hydrogen-bond acceptors (Lipinski definition) is 4. The Balaban J connectivity index is 2.11. The number of benzene rings is 1. The van der Waals surface area contributed by atoms with E-state index in [1.165, 1.54) is 6.42 Å². The topological polar surface area (TPSA) is 46.2 Å². The molecule has 5 heteroatoms. The number of anilines is 1. The highest BCUT2D eigenvalue weighted by Gasteiger charge is 2.26. The SMILES string of the molecule is CCSC1CCC(Nc2ccccc2S(=O)(=O)CC)C1. The van der Waals surface area contributed by atoms with Gasteiger partial charge in [-0.05, 0) is 37.1 Å². The lowest BCUT2D eigenvalue weighted by Gasteiger charge is -2.17. The summed E-state index contributed by atoms with van der Waals surface area (Å²) in [6.07, 6.45) is 3.47. The first-order chi connectivity index (χ1) is 9.56. The Morgan fingerprint density at radius 2 is 2.00 bits per heavy atom. The Hall–Kier alpha value is -0.680. The maximum atomic E-state index is 12.1. The predicted octanol–water partition coefficient (Wildman–Crippen LogP) is 3.57. The van der Waals surface area contributed by atoms with Gasteiger partial charge < -0.3 is 5.32 Å². The molecule has 0 amide bonds. The molecule has 1 N–H and O–H groups in total. The monoisotopic (exact) mass is 313 g/mol. The average Bonchev–Trinajstić information content (AvgIpc) is 2.87. The lowest BCUT2D eigenvalue weighted by atomic mass is 10.2. The van der Waals surface area contributed by atoms with Crippen molar-refractivity contribution in [3.63, 3.8) is 0 Å². The zero-order valence-corrected chi connectivity index (χ0v) is 13.8. The number of para-hydroxylation sites is 1. The van der Waals surface area contributed by atoms with Gasteiger partial charge in [0.15, 0.2) is 9.84 Å². The molecule has 0 bridgehead atoms. The van der Waals surface area contributed by atoms with Crippen LogP contribution in [0.2, 0.25) is 0 Å². The molecule has 20 heavy (non-hydrogen) atoms. The molecule has 2 atom stereocenters. The van der Waals surface area contributed by atoms with Crippen LogP contribution < -0.4 is 5.32 Å². The number of thioether (sulfide) groups is 1. The van der Waals surface area contributed by atoms with E-state index in [0.29, 0.717) is 16.2 Å². The molecule has 2 unspecified atom stereocenters. The van der Waals surface area contributed by atoms with Gasteiger partial charge in [0.25, 0.3) is 0 Å². The highest BCUT2D eigenvalue weighted by Crippen LogP contribution is 2.33. The van der Waals surface area contributed by atoms with Crippen molar-refractivity contribution in [1.29, 1.82) is 0 Å². The van der Waals surface area contributed by atoms with Crippen molar-refractivity contribution in [1.82, 2.24) is 0 Å². The van der Waals surface area contributed by atoms with Gasteiger partial charge >= 0.3 is 0 Å². The third-order valence-electron chi connectivity index (χ3n) is 3.75. The largest absolute Gasteiger partial charge is 0.381 e. The molecular formula is C15H23NO2S2. The third kappa shape index (κ3) is 3.70. The highest BCUT2D eigenvalue weighted by molar-refractivity contribution is 7.99. The van der Waals surface area contributed by atoms with E-state index in [1.54, 1.807) is 19.1 Å². The second-order valence-corrected chi connectivity index (χ2v) is 8.96. The lowest BCUT2D eigenvalue weighted by Crippen LogP contribution is -2.18. The summed E-state index contributed by atoms with van der Waals surface area (Å²) in [7, 11) is -3.16. The van der Waals surface area contributed by atoms with Crippen LogP contribution in [0.15, 0.2) is 29.2 Å². The van der Waals surface area contributed by atoms with Crippen LogP contribution in [0.3, 0.4) is 0 Å². The minimum atomic E-state index is -3.16. The van der Waals surface area contributed by atoms with E-state index < -0.39 is 9.84 Å². The Labute approximate surface area is 126 Å². The second-order valence-electron chi connectivity index (χ2n) is 5.13. The van der Waals surface area contributed by atoms with Crippen LogP contribution in [-0.4, -0.2) is 31.2 Å². The molecule has 112 valence electrons. The summed E-state index contributed by atoms with van der Waals surface area (Å²) < 4.78 is 24.2. The molecule has 0 heterocycles. The maximum Gasteiger partial charge on any atom is 0.180 e. The van der Waals surface area contributed by atoms with Crippen molar-refractivity contribution in [3.8, 4) is 0 Å². The Morgan fingerprint density at radius 3 is 2.70 bits per heavy atom. The molecule has 0 saturated heterocycles. The summed E-state index contributed by atoms with van der Waals surface area (Å²) in [6, 6.07) is 7.66. The summed E-state index contributed by atoms with van der Waals surface area (Å²) in [5, 5.41) is 4.16. The van der Waals surface area contributed by atoms with Crippen molar-refractivity contribution in [2.75, 3.05) is 16.8 Å². The van der Waals surface area contributed by atoms with E-state index in [0.717, 1.165) is 24.3 Å². The van der Waals surface area contributed by atoms with Gasteiger partial charge in [0.2, 0.25) is 0 Å². The summed E-state index contributed by atoms with van der Waals surface area (Å²) in [5.41, 5.74) is 0.765. The van der Waals surface area contributed by atoms with E-state index in [4.69, 9.17) is 0 Å². The number of hydrogen-bond donors (Lipinski definition) is 1. The van der Waals surface area contributed by atoms with Crippen LogP contribution >= 0.6 is 11.8 Å². The first-order valence-corrected chi connectivity index (χ1v) is 9.96. The van der Waals surface area contributed by atoms with E-state index in [9.17, 15) is 8.42 Å². The smallest absolute Gasteiger partial charge is 0.180 e. The van der Waals surface area contributed by atoms with Crippen molar-refractivity contribution < 1.29 is 8.42 Å². The molecule has 1 aliphatic carbocycles. The van der Waals surface area contributed by atoms with E-state index in [2.05, 4.69) is 12.2 Å². The minimum absolute atomic E-state index is 0.144. The molecule has 1 aliphatic rings. The summed E-state index contributed by atoms with van der Waals surface area (Å²) in [6.45, 7) is 3.88. The van der Waals surface area contributed by atoms with Gasteiger partial charge in [-0.1, -0.05) is 26.0 Å². The molecular weight excluding hydrogens is 290 g/mol. The molecule has 0 radical (unpaired) electrons. The molecule has 0 spiro atoms. The fraction of sp³-hybridized carbons (Fsp3) is 0.600. The summed E-state index contributed by atoms with van der Waals surface area (Å²) in [5.74, 6) is 1.29. The highest BCUT2D eigenvalue weighted by atomic mass is 32.2. The second kappa shape index (κ2) is 6.85. The van der Waals surface area contributed by atoms with Crippen LogP contribution in [0, 0.1) is 0 Å². The van der Waals surface area contributed by atoms with Crippen molar-refractivity contribution >= 4 is 27.3 Å². The summed E-state index contributed by atoms with van der Waals surface area (Å²) in [4.78, 5) is 0.439. The number of rotatable bonds is 6. The fourth-order valence-electron chi connectivity index (χ4n) is 2.69. The van der Waals surface area contributed by atoms with Gasteiger partial charge in [-0.3, -0.25) is 0 Å². The van der Waals surface area contributed by atoms with Gasteiger partial charge in [0, 0.05) is 11.3 Å². The van der Waals surface area contributed by atoms with Crippen LogP contribution in [-0.2, 0) is 9.84 Å². The zero-order chi connectivity index (χ0) is 14.6. The third-order valence-corrected chi connectivity index (χ3v) is 6.77. The van der Waals surface area contributed by atoms with E-state index >= 15 is 0 Å². The first kappa shape index (κ1) is 15.7. The minimum Gasteiger partial charge on any atom is -0.381 e. The quantitative estimate of drug-likeness (QED) is 0.872. The van der Waals surface area contributed by atoms with Gasteiger partial charge in [-0.2, -0.15) is 11.8 Å². The van der Waals surface area contributed by atoms with Crippen LogP contribution in [0.5, 0.6) is 0 Å². The Bertz CT molecular complexity index is 543. The molecule has 2 rings (SSSR count). The van der Waals surface area contributed by atoms with Crippen LogP contribution in [0.1, 0.15) is 33.1 Å². The normalized spacial score (nSPS) is 22.9. The number of nitrogens with one attached hydrogen (secondary N) is 1. The zero-order valence-electron chi connectivity index (χ0n) is 12.1. The molecule has 1 aromatic rings. The molecule has 3 nitrogen and oxygen atoms in total. The van der Waals surface area contributed by atoms with Crippen molar-refractivity contribution in [3.05, 3.63) is 24.3 Å². The molecule has 0 aliphatic heterocycles. The lowest BCUT2D eigenvalue weighted by molar-refractivity contribution is 0.597. The Kier molecular flexibility index (Phi) is 5.38. The fourth-order valence-corrected chi connectivity index (χ4v) is 4.89. The Morgan fingerprint density at radius 1 is 1.25 bits per heavy atom. The van der Waals surface area contributed by atoms with E-state index in [-0.39, 0.29) is 5.75 Å². The van der Waals surface area contributed by atoms with Gasteiger partial charge in [-0.15, -0.1) is 0 Å². The number of sulfone groups is 1. The van der Waals surface area contributed by atoms with Crippen LogP contribution in [0.4, 0.5) is 5.69 Å². The standard InChI is InChI=1S/C15H23NO2S2/c1-3-19-13-10-9-12(11-13)16-14-7-5-6-8-15(14)20(17,18)4-2/h5-8,12-13,16H,3-4,9-11H2,1-2H3. The van der Waals surface area contributed by atoms with Crippen molar-refractivity contribution in [2.24, 2.45) is 0 Å². The molecule has 1 saturated carbocycles. The maximum absolute atomic E-state index is 12.1. The van der Waals surface area contributed by atoms with Crippen LogP contribution in [0.25, 0.3) is 0 Å². The molecule has 0 aromatic heterocycles. The average molecular weight is 313 g/mol.